The quantitative estimate of drug-likeness (QED) is 0.325. The smallest absolute Gasteiger partial charge is 0.337 e. The lowest BCUT2D eigenvalue weighted by atomic mass is 9.98. The van der Waals surface area contributed by atoms with Crippen molar-refractivity contribution in [1.29, 1.82) is 0 Å². The van der Waals surface area contributed by atoms with Crippen LogP contribution in [0.15, 0.2) is 79.3 Å². The first-order chi connectivity index (χ1) is 15.5. The molecule has 6 heteroatoms. The van der Waals surface area contributed by atoms with Crippen molar-refractivity contribution in [3.63, 3.8) is 0 Å². The largest absolute Gasteiger partial charge is 0.495 e. The van der Waals surface area contributed by atoms with Gasteiger partial charge >= 0.3 is 5.97 Å². The molecule has 4 aromatic rings. The minimum atomic E-state index is -0.373. The van der Waals surface area contributed by atoms with Crippen molar-refractivity contribution in [2.24, 2.45) is 0 Å². The van der Waals surface area contributed by atoms with E-state index in [9.17, 15) is 9.59 Å². The highest BCUT2D eigenvalue weighted by Gasteiger charge is 2.14. The van der Waals surface area contributed by atoms with Gasteiger partial charge in [-0.2, -0.15) is 0 Å². The summed E-state index contributed by atoms with van der Waals surface area (Å²) in [6, 6.07) is 19.9. The molecule has 0 saturated heterocycles. The second kappa shape index (κ2) is 8.89. The molecule has 0 saturated carbocycles. The predicted molar refractivity (Wildman–Crippen MR) is 122 cm³/mol. The number of ether oxygens (including phenoxy) is 2. The van der Waals surface area contributed by atoms with Gasteiger partial charge in [0, 0.05) is 17.3 Å². The Morgan fingerprint density at radius 2 is 1.41 bits per heavy atom. The molecule has 0 bridgehead atoms. The van der Waals surface area contributed by atoms with Crippen LogP contribution in [-0.2, 0) is 4.74 Å². The number of aromatic nitrogens is 2. The Labute approximate surface area is 186 Å². The summed E-state index contributed by atoms with van der Waals surface area (Å²) in [5.74, 6) is 0.127. The van der Waals surface area contributed by atoms with E-state index >= 15 is 0 Å². The molecular weight excluding hydrogens is 404 g/mol. The monoisotopic (exact) mass is 426 g/mol. The maximum absolute atomic E-state index is 13.0. The van der Waals surface area contributed by atoms with Gasteiger partial charge in [-0.3, -0.25) is 4.79 Å². The van der Waals surface area contributed by atoms with Crippen molar-refractivity contribution in [2.75, 3.05) is 14.2 Å². The number of rotatable bonds is 6. The van der Waals surface area contributed by atoms with Gasteiger partial charge in [0.1, 0.15) is 5.75 Å². The summed E-state index contributed by atoms with van der Waals surface area (Å²) in [6.45, 7) is 1.91. The molecule has 0 amide bonds. The topological polar surface area (TPSA) is 70.4 Å². The lowest BCUT2D eigenvalue weighted by molar-refractivity contribution is 0.0600. The number of hydrogen-bond acceptors (Lipinski definition) is 5. The molecular formula is C26H22N2O4. The number of hydrogen-bond donors (Lipinski definition) is 0. The average Bonchev–Trinajstić information content (AvgIpc) is 3.28. The molecule has 0 aliphatic rings. The van der Waals surface area contributed by atoms with Gasteiger partial charge in [-0.25, -0.2) is 9.78 Å². The molecule has 0 N–H and O–H groups in total. The number of aryl methyl sites for hydroxylation is 1. The normalized spacial score (nSPS) is 10.6. The van der Waals surface area contributed by atoms with Gasteiger partial charge in [0.15, 0.2) is 5.78 Å². The molecule has 0 spiro atoms. The SMILES string of the molecule is COC(=O)c1ccc(-c2ccc(C(=O)c3ccc(-n4cnc(C)c4)c(OC)c3)cc2)cc1. The summed E-state index contributed by atoms with van der Waals surface area (Å²) in [7, 11) is 2.94. The number of carbonyl (C=O) groups is 2. The first kappa shape index (κ1) is 21.1. The molecule has 160 valence electrons. The molecule has 3 aromatic carbocycles. The van der Waals surface area contributed by atoms with Crippen molar-refractivity contribution in [3.05, 3.63) is 102 Å². The van der Waals surface area contributed by atoms with E-state index in [1.54, 1.807) is 49.8 Å². The van der Waals surface area contributed by atoms with Gasteiger partial charge in [-0.1, -0.05) is 36.4 Å². The standard InChI is InChI=1S/C26H22N2O4/c1-17-15-28(16-27-17)23-13-12-22(14-24(23)31-2)25(29)20-8-4-18(5-9-20)19-6-10-21(11-7-19)26(30)32-3/h4-16H,1-3H3. The average molecular weight is 426 g/mol. The summed E-state index contributed by atoms with van der Waals surface area (Å²) in [6.07, 6.45) is 3.61. The third-order valence-corrected chi connectivity index (χ3v) is 5.22. The van der Waals surface area contributed by atoms with Gasteiger partial charge in [0.05, 0.1) is 37.5 Å². The van der Waals surface area contributed by atoms with E-state index in [4.69, 9.17) is 9.47 Å². The number of esters is 1. The highest BCUT2D eigenvalue weighted by Crippen LogP contribution is 2.27. The fraction of sp³-hybridized carbons (Fsp3) is 0.115. The highest BCUT2D eigenvalue weighted by molar-refractivity contribution is 6.09. The summed E-state index contributed by atoms with van der Waals surface area (Å²) < 4.78 is 12.1. The first-order valence-corrected chi connectivity index (χ1v) is 10.0. The van der Waals surface area contributed by atoms with Gasteiger partial charge in [0.2, 0.25) is 0 Å². The zero-order valence-electron chi connectivity index (χ0n) is 18.0. The minimum absolute atomic E-state index is 0.0933. The zero-order valence-corrected chi connectivity index (χ0v) is 18.0. The third-order valence-electron chi connectivity index (χ3n) is 5.22. The van der Waals surface area contributed by atoms with E-state index in [0.29, 0.717) is 22.4 Å². The molecule has 4 rings (SSSR count). The maximum Gasteiger partial charge on any atom is 0.337 e. The van der Waals surface area contributed by atoms with Crippen LogP contribution in [0.25, 0.3) is 16.8 Å². The van der Waals surface area contributed by atoms with Crippen molar-refractivity contribution in [2.45, 2.75) is 6.92 Å². The van der Waals surface area contributed by atoms with E-state index in [1.807, 2.05) is 48.0 Å². The second-order valence-corrected chi connectivity index (χ2v) is 7.28. The van der Waals surface area contributed by atoms with E-state index in [1.165, 1.54) is 7.11 Å². The molecule has 0 atom stereocenters. The molecule has 0 unspecified atom stereocenters. The Bertz CT molecular complexity index is 1270. The Morgan fingerprint density at radius 3 is 1.94 bits per heavy atom. The molecule has 32 heavy (non-hydrogen) atoms. The molecule has 0 aliphatic carbocycles. The lowest BCUT2D eigenvalue weighted by Gasteiger charge is -2.11. The molecule has 0 fully saturated rings. The van der Waals surface area contributed by atoms with E-state index in [-0.39, 0.29) is 11.8 Å². The van der Waals surface area contributed by atoms with Gasteiger partial charge in [0.25, 0.3) is 0 Å². The number of nitrogens with zero attached hydrogens (tertiary/aromatic N) is 2. The van der Waals surface area contributed by atoms with Crippen LogP contribution < -0.4 is 4.74 Å². The van der Waals surface area contributed by atoms with Crippen LogP contribution in [0.5, 0.6) is 5.75 Å². The molecule has 0 aliphatic heterocycles. The summed E-state index contributed by atoms with van der Waals surface area (Å²) in [4.78, 5) is 28.9. The fourth-order valence-corrected chi connectivity index (χ4v) is 3.48. The summed E-state index contributed by atoms with van der Waals surface area (Å²) >= 11 is 0. The van der Waals surface area contributed by atoms with Crippen molar-refractivity contribution in [3.8, 4) is 22.6 Å². The fourth-order valence-electron chi connectivity index (χ4n) is 3.48. The molecule has 0 radical (unpaired) electrons. The van der Waals surface area contributed by atoms with Crippen molar-refractivity contribution in [1.82, 2.24) is 9.55 Å². The number of methoxy groups -OCH3 is 2. The third kappa shape index (κ3) is 4.16. The van der Waals surface area contributed by atoms with Crippen LogP contribution in [0.4, 0.5) is 0 Å². The van der Waals surface area contributed by atoms with Crippen LogP contribution in [0.2, 0.25) is 0 Å². The Kier molecular flexibility index (Phi) is 5.85. The van der Waals surface area contributed by atoms with Gasteiger partial charge in [-0.15, -0.1) is 0 Å². The van der Waals surface area contributed by atoms with Crippen molar-refractivity contribution >= 4 is 11.8 Å². The number of imidazole rings is 1. The number of ketones is 1. The number of carbonyl (C=O) groups excluding carboxylic acids is 2. The Morgan fingerprint density at radius 1 is 0.812 bits per heavy atom. The molecule has 1 heterocycles. The van der Waals surface area contributed by atoms with Gasteiger partial charge in [-0.05, 0) is 48.4 Å². The molecule has 1 aromatic heterocycles. The van der Waals surface area contributed by atoms with Crippen LogP contribution in [0.1, 0.15) is 32.0 Å². The highest BCUT2D eigenvalue weighted by atomic mass is 16.5. The summed E-state index contributed by atoms with van der Waals surface area (Å²) in [5, 5.41) is 0. The first-order valence-electron chi connectivity index (χ1n) is 10.0. The number of benzene rings is 3. The van der Waals surface area contributed by atoms with Crippen LogP contribution >= 0.6 is 0 Å². The van der Waals surface area contributed by atoms with Gasteiger partial charge < -0.3 is 14.0 Å². The van der Waals surface area contributed by atoms with E-state index in [2.05, 4.69) is 4.98 Å². The van der Waals surface area contributed by atoms with E-state index < -0.39 is 0 Å². The van der Waals surface area contributed by atoms with Crippen LogP contribution in [0, 0.1) is 6.92 Å². The Balaban J connectivity index is 1.57. The van der Waals surface area contributed by atoms with Crippen LogP contribution in [0.3, 0.4) is 0 Å². The lowest BCUT2D eigenvalue weighted by Crippen LogP contribution is -2.04. The zero-order chi connectivity index (χ0) is 22.7. The van der Waals surface area contributed by atoms with Crippen LogP contribution in [-0.4, -0.2) is 35.5 Å². The second-order valence-electron chi connectivity index (χ2n) is 7.28. The molecule has 6 nitrogen and oxygen atoms in total. The summed E-state index contributed by atoms with van der Waals surface area (Å²) in [5.41, 5.74) is 5.21. The predicted octanol–water partition coefficient (Wildman–Crippen LogP) is 4.87. The van der Waals surface area contributed by atoms with E-state index in [0.717, 1.165) is 22.5 Å². The minimum Gasteiger partial charge on any atom is -0.495 e. The maximum atomic E-state index is 13.0. The Hall–Kier alpha value is -4.19. The van der Waals surface area contributed by atoms with Crippen molar-refractivity contribution < 1.29 is 19.1 Å².